The monoisotopic (exact) mass is 330 g/mol. The lowest BCUT2D eigenvalue weighted by Crippen LogP contribution is -2.42. The Labute approximate surface area is 132 Å². The molecule has 22 heavy (non-hydrogen) atoms. The second-order valence-corrected chi connectivity index (χ2v) is 6.74. The summed E-state index contributed by atoms with van der Waals surface area (Å²) in [5.74, 6) is 1.53. The zero-order chi connectivity index (χ0) is 16.4. The lowest BCUT2D eigenvalue weighted by atomic mass is 10.3. The van der Waals surface area contributed by atoms with Gasteiger partial charge in [0.15, 0.2) is 5.96 Å². The second kappa shape index (κ2) is 9.47. The molecule has 1 heterocycles. The molecule has 0 aromatic carbocycles. The van der Waals surface area contributed by atoms with Crippen molar-refractivity contribution >= 4 is 16.0 Å². The van der Waals surface area contributed by atoms with Crippen LogP contribution in [0.3, 0.4) is 0 Å². The van der Waals surface area contributed by atoms with E-state index in [2.05, 4.69) is 15.6 Å². The highest BCUT2D eigenvalue weighted by molar-refractivity contribution is 7.89. The van der Waals surface area contributed by atoms with E-state index in [1.54, 1.807) is 13.3 Å². The van der Waals surface area contributed by atoms with Crippen molar-refractivity contribution in [3.05, 3.63) is 24.2 Å². The lowest BCUT2D eigenvalue weighted by Gasteiger charge is -2.19. The number of aliphatic imine (C=N–C) groups is 1. The summed E-state index contributed by atoms with van der Waals surface area (Å²) in [6, 6.07) is 3.76. The average molecular weight is 330 g/mol. The molecule has 126 valence electrons. The molecule has 1 aromatic heterocycles. The van der Waals surface area contributed by atoms with E-state index in [1.807, 2.05) is 26.0 Å². The molecule has 0 aliphatic heterocycles. The summed E-state index contributed by atoms with van der Waals surface area (Å²) in [4.78, 5) is 4.07. The molecule has 0 spiro atoms. The highest BCUT2D eigenvalue weighted by atomic mass is 32.2. The molecule has 8 heteroatoms. The van der Waals surface area contributed by atoms with Gasteiger partial charge in [-0.3, -0.25) is 4.99 Å². The van der Waals surface area contributed by atoms with E-state index < -0.39 is 10.0 Å². The molecule has 0 saturated heterocycles. The summed E-state index contributed by atoms with van der Waals surface area (Å²) in [7, 11) is -1.56. The van der Waals surface area contributed by atoms with Crippen LogP contribution >= 0.6 is 0 Å². The third-order valence-electron chi connectivity index (χ3n) is 3.22. The van der Waals surface area contributed by atoms with Crippen LogP contribution in [0.1, 0.15) is 19.6 Å². The van der Waals surface area contributed by atoms with Gasteiger partial charge in [0.25, 0.3) is 0 Å². The number of nitrogens with zero attached hydrogens (tertiary/aromatic N) is 2. The molecule has 0 aliphatic rings. The Bertz CT molecular complexity index is 536. The van der Waals surface area contributed by atoms with Crippen LogP contribution in [-0.4, -0.2) is 57.7 Å². The van der Waals surface area contributed by atoms with Crippen molar-refractivity contribution in [1.29, 1.82) is 0 Å². The van der Waals surface area contributed by atoms with Crippen LogP contribution in [0.2, 0.25) is 0 Å². The van der Waals surface area contributed by atoms with Crippen molar-refractivity contribution in [2.45, 2.75) is 20.3 Å². The lowest BCUT2D eigenvalue weighted by molar-refractivity contribution is 0.445. The van der Waals surface area contributed by atoms with Gasteiger partial charge in [-0.15, -0.1) is 0 Å². The Morgan fingerprint density at radius 3 is 2.50 bits per heavy atom. The molecule has 0 unspecified atom stereocenters. The quantitative estimate of drug-likeness (QED) is 0.513. The molecule has 2 N–H and O–H groups in total. The zero-order valence-corrected chi connectivity index (χ0v) is 14.3. The van der Waals surface area contributed by atoms with Crippen LogP contribution in [0.4, 0.5) is 0 Å². The van der Waals surface area contributed by atoms with Crippen molar-refractivity contribution in [2.75, 3.05) is 39.0 Å². The van der Waals surface area contributed by atoms with Crippen molar-refractivity contribution in [3.8, 4) is 0 Å². The molecule has 1 aromatic rings. The minimum absolute atomic E-state index is 0.0492. The van der Waals surface area contributed by atoms with E-state index in [1.165, 1.54) is 4.31 Å². The standard InChI is InChI=1S/C14H26N4O3S/c1-4-18(5-2)22(19,20)12-10-17-14(15-3)16-9-8-13-7-6-11-21-13/h6-7,11H,4-5,8-10,12H2,1-3H3,(H2,15,16,17). The molecule has 0 radical (unpaired) electrons. The molecule has 0 saturated carbocycles. The minimum atomic E-state index is -3.21. The largest absolute Gasteiger partial charge is 0.469 e. The predicted octanol–water partition coefficient (Wildman–Crippen LogP) is 0.659. The number of hydrogen-bond donors (Lipinski definition) is 2. The Hall–Kier alpha value is -1.54. The highest BCUT2D eigenvalue weighted by Crippen LogP contribution is 2.00. The molecule has 1 rings (SSSR count). The SMILES string of the molecule is CCN(CC)S(=O)(=O)CCNC(=NC)NCCc1ccco1. The summed E-state index contributed by atoms with van der Waals surface area (Å²) in [6.45, 7) is 5.65. The fourth-order valence-electron chi connectivity index (χ4n) is 2.02. The number of furan rings is 1. The van der Waals surface area contributed by atoms with E-state index in [0.29, 0.717) is 32.1 Å². The van der Waals surface area contributed by atoms with Crippen LogP contribution < -0.4 is 10.6 Å². The summed E-state index contributed by atoms with van der Waals surface area (Å²) >= 11 is 0. The topological polar surface area (TPSA) is 86.9 Å². The van der Waals surface area contributed by atoms with Gasteiger partial charge in [-0.25, -0.2) is 12.7 Å². The number of hydrogen-bond acceptors (Lipinski definition) is 4. The maximum atomic E-state index is 12.0. The van der Waals surface area contributed by atoms with Crippen LogP contribution in [-0.2, 0) is 16.4 Å². The second-order valence-electron chi connectivity index (χ2n) is 4.66. The van der Waals surface area contributed by atoms with E-state index in [0.717, 1.165) is 12.2 Å². The first kappa shape index (κ1) is 18.5. The maximum Gasteiger partial charge on any atom is 0.215 e. The van der Waals surface area contributed by atoms with Crippen LogP contribution in [0.5, 0.6) is 0 Å². The fraction of sp³-hybridized carbons (Fsp3) is 0.643. The molecule has 0 amide bonds. The summed E-state index contributed by atoms with van der Waals surface area (Å²) in [6.07, 6.45) is 2.38. The smallest absolute Gasteiger partial charge is 0.215 e. The van der Waals surface area contributed by atoms with Gasteiger partial charge < -0.3 is 15.1 Å². The van der Waals surface area contributed by atoms with Gasteiger partial charge in [0.1, 0.15) is 5.76 Å². The van der Waals surface area contributed by atoms with Crippen molar-refractivity contribution in [3.63, 3.8) is 0 Å². The van der Waals surface area contributed by atoms with Crippen molar-refractivity contribution < 1.29 is 12.8 Å². The third kappa shape index (κ3) is 6.07. The zero-order valence-electron chi connectivity index (χ0n) is 13.5. The number of rotatable bonds is 9. The first-order valence-corrected chi connectivity index (χ1v) is 9.09. The molecule has 0 fully saturated rings. The summed E-state index contributed by atoms with van der Waals surface area (Å²) in [5, 5.41) is 6.13. The molecule has 0 atom stereocenters. The number of sulfonamides is 1. The van der Waals surface area contributed by atoms with Crippen LogP contribution in [0.25, 0.3) is 0 Å². The minimum Gasteiger partial charge on any atom is -0.469 e. The number of nitrogens with one attached hydrogen (secondary N) is 2. The van der Waals surface area contributed by atoms with E-state index in [4.69, 9.17) is 4.42 Å². The van der Waals surface area contributed by atoms with E-state index in [9.17, 15) is 8.42 Å². The maximum absolute atomic E-state index is 12.0. The van der Waals surface area contributed by atoms with Crippen molar-refractivity contribution in [1.82, 2.24) is 14.9 Å². The highest BCUT2D eigenvalue weighted by Gasteiger charge is 2.18. The van der Waals surface area contributed by atoms with Crippen molar-refractivity contribution in [2.24, 2.45) is 4.99 Å². The molecule has 0 bridgehead atoms. The first-order chi connectivity index (χ1) is 10.5. The summed E-state index contributed by atoms with van der Waals surface area (Å²) in [5.41, 5.74) is 0. The first-order valence-electron chi connectivity index (χ1n) is 7.48. The Morgan fingerprint density at radius 2 is 1.95 bits per heavy atom. The summed E-state index contributed by atoms with van der Waals surface area (Å²) < 4.78 is 30.8. The normalized spacial score (nSPS) is 12.6. The molecule has 0 aliphatic carbocycles. The van der Waals surface area contributed by atoms with E-state index >= 15 is 0 Å². The van der Waals surface area contributed by atoms with Gasteiger partial charge >= 0.3 is 0 Å². The predicted molar refractivity (Wildman–Crippen MR) is 88.5 cm³/mol. The average Bonchev–Trinajstić information content (AvgIpc) is 2.99. The number of guanidine groups is 1. The van der Waals surface area contributed by atoms with Gasteiger partial charge in [-0.1, -0.05) is 13.8 Å². The van der Waals surface area contributed by atoms with Gasteiger partial charge in [0, 0.05) is 39.6 Å². The molecule has 7 nitrogen and oxygen atoms in total. The van der Waals surface area contributed by atoms with Crippen LogP contribution in [0, 0.1) is 0 Å². The Morgan fingerprint density at radius 1 is 1.27 bits per heavy atom. The Balaban J connectivity index is 2.32. The fourth-order valence-corrected chi connectivity index (χ4v) is 3.43. The third-order valence-corrected chi connectivity index (χ3v) is 5.24. The van der Waals surface area contributed by atoms with Gasteiger partial charge in [-0.2, -0.15) is 0 Å². The Kier molecular flexibility index (Phi) is 7.97. The molecular weight excluding hydrogens is 304 g/mol. The van der Waals surface area contributed by atoms with Gasteiger partial charge in [-0.05, 0) is 12.1 Å². The van der Waals surface area contributed by atoms with Crippen LogP contribution in [0.15, 0.2) is 27.8 Å². The van der Waals surface area contributed by atoms with Gasteiger partial charge in [0.2, 0.25) is 10.0 Å². The molecular formula is C14H26N4O3S. The van der Waals surface area contributed by atoms with Gasteiger partial charge in [0.05, 0.1) is 12.0 Å². The van der Waals surface area contributed by atoms with E-state index in [-0.39, 0.29) is 5.75 Å².